The van der Waals surface area contributed by atoms with E-state index >= 15 is 0 Å². The van der Waals surface area contributed by atoms with Gasteiger partial charge in [-0.05, 0) is 42.2 Å². The molecule has 0 bridgehead atoms. The number of thioether (sulfide) groups is 1. The van der Waals surface area contributed by atoms with E-state index in [1.165, 1.54) is 0 Å². The van der Waals surface area contributed by atoms with Crippen molar-refractivity contribution in [2.24, 2.45) is 4.99 Å². The zero-order chi connectivity index (χ0) is 18.7. The molecule has 4 rings (SSSR count). The van der Waals surface area contributed by atoms with Gasteiger partial charge in [0, 0.05) is 49.8 Å². The molecule has 0 spiro atoms. The summed E-state index contributed by atoms with van der Waals surface area (Å²) in [5.41, 5.74) is 1.86. The fourth-order valence-corrected chi connectivity index (χ4v) is 4.67. The molecule has 1 amide bonds. The highest BCUT2D eigenvalue weighted by Crippen LogP contribution is 2.31. The van der Waals surface area contributed by atoms with Gasteiger partial charge in [0.15, 0.2) is 0 Å². The van der Waals surface area contributed by atoms with E-state index in [4.69, 9.17) is 0 Å². The Balaban J connectivity index is 1.47. The minimum atomic E-state index is -0.739. The molecule has 3 heterocycles. The molecule has 0 unspecified atom stereocenters. The third kappa shape index (κ3) is 4.06. The first-order valence-corrected chi connectivity index (χ1v) is 10.3. The van der Waals surface area contributed by atoms with Crippen molar-refractivity contribution in [2.45, 2.75) is 24.9 Å². The Labute approximate surface area is 163 Å². The van der Waals surface area contributed by atoms with E-state index < -0.39 is 5.60 Å². The van der Waals surface area contributed by atoms with Gasteiger partial charge in [-0.15, -0.1) is 11.8 Å². The van der Waals surface area contributed by atoms with Crippen LogP contribution in [-0.4, -0.2) is 56.9 Å². The lowest BCUT2D eigenvalue weighted by Gasteiger charge is -2.38. The molecule has 2 aliphatic rings. The number of piperidine rings is 1. The van der Waals surface area contributed by atoms with Crippen molar-refractivity contribution in [3.63, 3.8) is 0 Å². The largest absolute Gasteiger partial charge is 0.389 e. The topological polar surface area (TPSA) is 65.8 Å². The van der Waals surface area contributed by atoms with Crippen LogP contribution < -0.4 is 0 Å². The van der Waals surface area contributed by atoms with Crippen LogP contribution in [0, 0.1) is 0 Å². The van der Waals surface area contributed by atoms with Crippen molar-refractivity contribution in [1.29, 1.82) is 0 Å². The monoisotopic (exact) mass is 381 g/mol. The zero-order valence-corrected chi connectivity index (χ0v) is 16.0. The van der Waals surface area contributed by atoms with Crippen LogP contribution in [0.15, 0.2) is 53.8 Å². The second-order valence-electron chi connectivity index (χ2n) is 7.10. The SMILES string of the molecule is O=C(c1ccccc1-c1ccncc1)N1CCC(O)(CC2=NCCS2)CC1. The van der Waals surface area contributed by atoms with E-state index in [-0.39, 0.29) is 5.91 Å². The summed E-state index contributed by atoms with van der Waals surface area (Å²) in [5.74, 6) is 1.04. The Morgan fingerprint density at radius 3 is 2.59 bits per heavy atom. The normalized spacial score (nSPS) is 19.0. The van der Waals surface area contributed by atoms with Crippen molar-refractivity contribution in [3.8, 4) is 11.1 Å². The average Bonchev–Trinajstić information content (AvgIpc) is 3.21. The molecule has 2 aromatic rings. The van der Waals surface area contributed by atoms with E-state index in [1.54, 1.807) is 24.2 Å². The maximum Gasteiger partial charge on any atom is 0.254 e. The number of carbonyl (C=O) groups excluding carboxylic acids is 1. The van der Waals surface area contributed by atoms with Gasteiger partial charge >= 0.3 is 0 Å². The Hall–Kier alpha value is -2.18. The van der Waals surface area contributed by atoms with Crippen molar-refractivity contribution in [1.82, 2.24) is 9.88 Å². The number of aliphatic hydroxyl groups is 1. The molecule has 27 heavy (non-hydrogen) atoms. The molecule has 0 saturated carbocycles. The van der Waals surface area contributed by atoms with Gasteiger partial charge < -0.3 is 10.0 Å². The lowest BCUT2D eigenvalue weighted by Crippen LogP contribution is -2.47. The van der Waals surface area contributed by atoms with Gasteiger partial charge in [-0.3, -0.25) is 14.8 Å². The lowest BCUT2D eigenvalue weighted by atomic mass is 9.88. The molecule has 2 aliphatic heterocycles. The van der Waals surface area contributed by atoms with Crippen LogP contribution in [0.3, 0.4) is 0 Å². The number of benzene rings is 1. The van der Waals surface area contributed by atoms with Gasteiger partial charge in [0.25, 0.3) is 5.91 Å². The minimum Gasteiger partial charge on any atom is -0.389 e. The molecule has 1 aromatic carbocycles. The van der Waals surface area contributed by atoms with Gasteiger partial charge in [-0.25, -0.2) is 0 Å². The predicted octanol–water partition coefficient (Wildman–Crippen LogP) is 3.25. The number of nitrogens with zero attached hydrogens (tertiary/aromatic N) is 3. The molecule has 0 atom stereocenters. The van der Waals surface area contributed by atoms with Crippen molar-refractivity contribution < 1.29 is 9.90 Å². The summed E-state index contributed by atoms with van der Waals surface area (Å²) < 4.78 is 0. The molecule has 0 aliphatic carbocycles. The second-order valence-corrected chi connectivity index (χ2v) is 8.27. The first-order valence-electron chi connectivity index (χ1n) is 9.32. The van der Waals surface area contributed by atoms with E-state index in [9.17, 15) is 9.90 Å². The van der Waals surface area contributed by atoms with Gasteiger partial charge in [-0.2, -0.15) is 0 Å². The fraction of sp³-hybridized carbons (Fsp3) is 0.381. The average molecular weight is 382 g/mol. The molecule has 1 N–H and O–H groups in total. The van der Waals surface area contributed by atoms with Gasteiger partial charge in [-0.1, -0.05) is 18.2 Å². The Morgan fingerprint density at radius 1 is 1.15 bits per heavy atom. The quantitative estimate of drug-likeness (QED) is 0.883. The van der Waals surface area contributed by atoms with Crippen LogP contribution in [0.5, 0.6) is 0 Å². The zero-order valence-electron chi connectivity index (χ0n) is 15.2. The van der Waals surface area contributed by atoms with E-state index in [0.717, 1.165) is 28.5 Å². The maximum atomic E-state index is 13.2. The summed E-state index contributed by atoms with van der Waals surface area (Å²) in [6.45, 7) is 1.99. The maximum absolute atomic E-state index is 13.2. The van der Waals surface area contributed by atoms with Gasteiger partial charge in [0.2, 0.25) is 0 Å². The third-order valence-corrected chi connectivity index (χ3v) is 6.25. The first-order chi connectivity index (χ1) is 13.1. The number of rotatable bonds is 4. The van der Waals surface area contributed by atoms with Crippen LogP contribution in [0.4, 0.5) is 0 Å². The van der Waals surface area contributed by atoms with Crippen LogP contribution in [0.25, 0.3) is 11.1 Å². The number of aromatic nitrogens is 1. The number of aliphatic imine (C=N–C) groups is 1. The van der Waals surface area contributed by atoms with Gasteiger partial charge in [0.1, 0.15) is 0 Å². The van der Waals surface area contributed by atoms with E-state index in [0.29, 0.717) is 37.9 Å². The molecular formula is C21H23N3O2S. The summed E-state index contributed by atoms with van der Waals surface area (Å²) in [5, 5.41) is 12.0. The summed E-state index contributed by atoms with van der Waals surface area (Å²) in [6, 6.07) is 11.5. The van der Waals surface area contributed by atoms with Crippen LogP contribution in [0.2, 0.25) is 0 Å². The number of likely N-dealkylation sites (tertiary alicyclic amines) is 1. The number of carbonyl (C=O) groups is 1. The van der Waals surface area contributed by atoms with Crippen LogP contribution in [0.1, 0.15) is 29.6 Å². The van der Waals surface area contributed by atoms with E-state index in [2.05, 4.69) is 9.98 Å². The molecule has 1 saturated heterocycles. The Bertz CT molecular complexity index is 846. The van der Waals surface area contributed by atoms with Crippen LogP contribution in [-0.2, 0) is 0 Å². The molecule has 140 valence electrons. The highest BCUT2D eigenvalue weighted by molar-refractivity contribution is 8.14. The molecule has 6 heteroatoms. The summed E-state index contributed by atoms with van der Waals surface area (Å²) in [6.07, 6.45) is 5.28. The Kier molecular flexibility index (Phi) is 5.27. The highest BCUT2D eigenvalue weighted by atomic mass is 32.2. The summed E-state index contributed by atoms with van der Waals surface area (Å²) >= 11 is 1.74. The fourth-order valence-electron chi connectivity index (χ4n) is 3.69. The molecular weight excluding hydrogens is 358 g/mol. The minimum absolute atomic E-state index is 0.0250. The van der Waals surface area contributed by atoms with Crippen LogP contribution >= 0.6 is 11.8 Å². The van der Waals surface area contributed by atoms with Crippen molar-refractivity contribution >= 4 is 22.7 Å². The third-order valence-electron chi connectivity index (χ3n) is 5.26. The summed E-state index contributed by atoms with van der Waals surface area (Å²) in [7, 11) is 0. The smallest absolute Gasteiger partial charge is 0.254 e. The van der Waals surface area contributed by atoms with Crippen molar-refractivity contribution in [2.75, 3.05) is 25.4 Å². The predicted molar refractivity (Wildman–Crippen MR) is 109 cm³/mol. The Morgan fingerprint density at radius 2 is 1.89 bits per heavy atom. The second kappa shape index (κ2) is 7.82. The standard InChI is InChI=1S/C21H23N3O2S/c25-20(18-4-2-1-3-17(18)16-5-9-22-10-6-16)24-12-7-21(26,8-13-24)15-19-23-11-14-27-19/h1-6,9-10,26H,7-8,11-15H2. The van der Waals surface area contributed by atoms with Gasteiger partial charge in [0.05, 0.1) is 10.6 Å². The van der Waals surface area contributed by atoms with E-state index in [1.807, 2.05) is 41.3 Å². The molecule has 0 radical (unpaired) electrons. The number of hydrogen-bond acceptors (Lipinski definition) is 5. The lowest BCUT2D eigenvalue weighted by molar-refractivity contribution is -0.0105. The number of amides is 1. The van der Waals surface area contributed by atoms with Crippen molar-refractivity contribution in [3.05, 3.63) is 54.4 Å². The molecule has 1 aromatic heterocycles. The molecule has 1 fully saturated rings. The summed E-state index contributed by atoms with van der Waals surface area (Å²) in [4.78, 5) is 23.5. The first kappa shape index (κ1) is 18.2. The molecule has 5 nitrogen and oxygen atoms in total. The number of hydrogen-bond donors (Lipinski definition) is 1. The highest BCUT2D eigenvalue weighted by Gasteiger charge is 2.36. The number of pyridine rings is 1.